The predicted molar refractivity (Wildman–Crippen MR) is 91.4 cm³/mol. The van der Waals surface area contributed by atoms with Crippen molar-refractivity contribution in [2.24, 2.45) is 0 Å². The molecule has 0 saturated carbocycles. The lowest BCUT2D eigenvalue weighted by atomic mass is 10.0. The normalized spacial score (nSPS) is 17.2. The molecule has 26 heavy (non-hydrogen) atoms. The van der Waals surface area contributed by atoms with Gasteiger partial charge in [0.25, 0.3) is 11.5 Å². The van der Waals surface area contributed by atoms with Crippen LogP contribution in [0.1, 0.15) is 35.4 Å². The van der Waals surface area contributed by atoms with E-state index in [2.05, 4.69) is 9.97 Å². The third-order valence-electron chi connectivity index (χ3n) is 4.37. The van der Waals surface area contributed by atoms with Crippen molar-refractivity contribution in [1.82, 2.24) is 14.9 Å². The summed E-state index contributed by atoms with van der Waals surface area (Å²) in [6, 6.07) is 5.21. The minimum Gasteiger partial charge on any atom is -0.486 e. The average Bonchev–Trinajstić information content (AvgIpc) is 2.67. The van der Waals surface area contributed by atoms with Crippen LogP contribution in [-0.4, -0.2) is 45.1 Å². The summed E-state index contributed by atoms with van der Waals surface area (Å²) in [5.74, 6) is -0.101. The van der Waals surface area contributed by atoms with E-state index in [0.717, 1.165) is 19.3 Å². The third kappa shape index (κ3) is 4.08. The first-order valence-electron chi connectivity index (χ1n) is 8.47. The molecule has 2 N–H and O–H groups in total. The monoisotopic (exact) mass is 361 g/mol. The van der Waals surface area contributed by atoms with Gasteiger partial charge in [-0.1, -0.05) is 0 Å². The fourth-order valence-corrected chi connectivity index (χ4v) is 2.95. The minimum absolute atomic E-state index is 0.0156. The summed E-state index contributed by atoms with van der Waals surface area (Å²) >= 11 is 0. The number of H-pyrrole nitrogens is 1. The number of carbonyl (C=O) groups is 1. The summed E-state index contributed by atoms with van der Waals surface area (Å²) in [7, 11) is 0. The Balaban J connectivity index is 1.69. The quantitative estimate of drug-likeness (QED) is 0.841. The van der Waals surface area contributed by atoms with Crippen LogP contribution in [0.3, 0.4) is 0 Å². The van der Waals surface area contributed by atoms with E-state index in [0.29, 0.717) is 12.3 Å². The van der Waals surface area contributed by atoms with Gasteiger partial charge in [-0.25, -0.2) is 9.37 Å². The van der Waals surface area contributed by atoms with Crippen LogP contribution in [-0.2, 0) is 6.61 Å². The zero-order chi connectivity index (χ0) is 18.5. The van der Waals surface area contributed by atoms with E-state index < -0.39 is 11.5 Å². The predicted octanol–water partition coefficient (Wildman–Crippen LogP) is 1.47. The molecular formula is C18H20FN3O4. The molecule has 1 atom stereocenters. The Morgan fingerprint density at radius 1 is 1.35 bits per heavy atom. The second kappa shape index (κ2) is 8.09. The van der Waals surface area contributed by atoms with Gasteiger partial charge in [-0.05, 0) is 43.5 Å². The highest BCUT2D eigenvalue weighted by atomic mass is 19.1. The highest BCUT2D eigenvalue weighted by Crippen LogP contribution is 2.18. The molecule has 3 rings (SSSR count). The Bertz CT molecular complexity index is 822. The molecule has 0 bridgehead atoms. The number of ether oxygens (including phenoxy) is 1. The van der Waals surface area contributed by atoms with Gasteiger partial charge in [0, 0.05) is 12.7 Å². The van der Waals surface area contributed by atoms with Crippen molar-refractivity contribution in [2.45, 2.75) is 31.9 Å². The van der Waals surface area contributed by atoms with Gasteiger partial charge in [0.15, 0.2) is 0 Å². The van der Waals surface area contributed by atoms with Crippen LogP contribution >= 0.6 is 0 Å². The van der Waals surface area contributed by atoms with Crippen molar-refractivity contribution in [3.63, 3.8) is 0 Å². The molecule has 1 aromatic heterocycles. The van der Waals surface area contributed by atoms with Crippen LogP contribution < -0.4 is 10.3 Å². The van der Waals surface area contributed by atoms with Crippen molar-refractivity contribution >= 4 is 5.91 Å². The summed E-state index contributed by atoms with van der Waals surface area (Å²) < 4.78 is 18.3. The number of aliphatic hydroxyl groups is 1. The highest BCUT2D eigenvalue weighted by molar-refractivity contribution is 5.93. The van der Waals surface area contributed by atoms with Crippen molar-refractivity contribution in [3.05, 3.63) is 58.0 Å². The van der Waals surface area contributed by atoms with E-state index in [1.165, 1.54) is 35.4 Å². The van der Waals surface area contributed by atoms with E-state index in [1.54, 1.807) is 0 Å². The van der Waals surface area contributed by atoms with Gasteiger partial charge in [-0.3, -0.25) is 9.59 Å². The van der Waals surface area contributed by atoms with Crippen molar-refractivity contribution < 1.29 is 19.0 Å². The lowest BCUT2D eigenvalue weighted by Crippen LogP contribution is -2.47. The van der Waals surface area contributed by atoms with E-state index in [1.807, 2.05) is 0 Å². The molecule has 1 amide bonds. The van der Waals surface area contributed by atoms with Crippen LogP contribution in [0.4, 0.5) is 4.39 Å². The zero-order valence-electron chi connectivity index (χ0n) is 14.2. The number of amides is 1. The summed E-state index contributed by atoms with van der Waals surface area (Å²) in [6.07, 6.45) is 3.74. The number of rotatable bonds is 5. The van der Waals surface area contributed by atoms with Crippen molar-refractivity contribution in [1.29, 1.82) is 0 Å². The maximum atomic E-state index is 12.9. The number of benzene rings is 1. The van der Waals surface area contributed by atoms with Crippen LogP contribution in [0, 0.1) is 5.82 Å². The summed E-state index contributed by atoms with van der Waals surface area (Å²) in [5.41, 5.74) is -0.610. The molecule has 138 valence electrons. The summed E-state index contributed by atoms with van der Waals surface area (Å²) in [5, 5.41) is 9.43. The summed E-state index contributed by atoms with van der Waals surface area (Å²) in [4.78, 5) is 33.0. The maximum Gasteiger partial charge on any atom is 0.263 e. The molecule has 7 nitrogen and oxygen atoms in total. The fourth-order valence-electron chi connectivity index (χ4n) is 2.95. The lowest BCUT2D eigenvalue weighted by molar-refractivity contribution is 0.0500. The third-order valence-corrected chi connectivity index (χ3v) is 4.37. The number of hydrogen-bond donors (Lipinski definition) is 2. The number of halogens is 1. The molecule has 0 spiro atoms. The molecule has 0 aliphatic carbocycles. The number of aromatic amines is 1. The van der Waals surface area contributed by atoms with Gasteiger partial charge in [0.1, 0.15) is 29.6 Å². The van der Waals surface area contributed by atoms with Crippen molar-refractivity contribution in [2.75, 3.05) is 13.2 Å². The van der Waals surface area contributed by atoms with E-state index >= 15 is 0 Å². The Morgan fingerprint density at radius 2 is 2.12 bits per heavy atom. The van der Waals surface area contributed by atoms with Crippen molar-refractivity contribution in [3.8, 4) is 5.75 Å². The minimum atomic E-state index is -0.551. The topological polar surface area (TPSA) is 95.5 Å². The van der Waals surface area contributed by atoms with Crippen LogP contribution in [0.15, 0.2) is 35.3 Å². The Hall–Kier alpha value is -2.74. The molecule has 1 aliphatic rings. The molecule has 1 aliphatic heterocycles. The van der Waals surface area contributed by atoms with Gasteiger partial charge in [-0.2, -0.15) is 0 Å². The first-order valence-corrected chi connectivity index (χ1v) is 8.47. The molecule has 8 heteroatoms. The molecule has 1 fully saturated rings. The number of piperidine rings is 1. The van der Waals surface area contributed by atoms with Crippen LogP contribution in [0.5, 0.6) is 5.75 Å². The van der Waals surface area contributed by atoms with E-state index in [9.17, 15) is 19.1 Å². The second-order valence-corrected chi connectivity index (χ2v) is 6.15. The molecule has 2 heterocycles. The first kappa shape index (κ1) is 18.1. The molecule has 0 radical (unpaired) electrons. The average molecular weight is 361 g/mol. The van der Waals surface area contributed by atoms with Crippen LogP contribution in [0.25, 0.3) is 0 Å². The van der Waals surface area contributed by atoms with E-state index in [4.69, 9.17) is 4.74 Å². The number of likely N-dealkylation sites (tertiary alicyclic amines) is 1. The first-order chi connectivity index (χ1) is 12.6. The maximum absolute atomic E-state index is 12.9. The van der Waals surface area contributed by atoms with Gasteiger partial charge >= 0.3 is 0 Å². The van der Waals surface area contributed by atoms with Crippen LogP contribution in [0.2, 0.25) is 0 Å². The molecule has 2 aromatic rings. The van der Waals surface area contributed by atoms with Gasteiger partial charge < -0.3 is 19.7 Å². The SMILES string of the molecule is O=C(c1cnc(COc2ccc(F)cc2)[nH]c1=O)N1CCCC[C@@H]1CO. The standard InChI is InChI=1S/C18H20FN3O4/c19-12-4-6-14(7-5-12)26-11-16-20-9-15(17(24)21-16)18(25)22-8-2-1-3-13(22)10-23/h4-7,9,13,23H,1-3,8,10-11H2,(H,20,21,24)/t13-/m1/s1. The number of nitrogens with one attached hydrogen (secondary N) is 1. The molecule has 1 saturated heterocycles. The number of aromatic nitrogens is 2. The van der Waals surface area contributed by atoms with Gasteiger partial charge in [0.2, 0.25) is 0 Å². The fraction of sp³-hybridized carbons (Fsp3) is 0.389. The number of nitrogens with zero attached hydrogens (tertiary/aromatic N) is 2. The molecule has 0 unspecified atom stereocenters. The number of carbonyl (C=O) groups excluding carboxylic acids is 1. The molecule has 1 aromatic carbocycles. The Morgan fingerprint density at radius 3 is 2.81 bits per heavy atom. The highest BCUT2D eigenvalue weighted by Gasteiger charge is 2.28. The largest absolute Gasteiger partial charge is 0.486 e. The number of hydrogen-bond acceptors (Lipinski definition) is 5. The number of aliphatic hydroxyl groups excluding tert-OH is 1. The lowest BCUT2D eigenvalue weighted by Gasteiger charge is -2.34. The summed E-state index contributed by atoms with van der Waals surface area (Å²) in [6.45, 7) is 0.373. The molecular weight excluding hydrogens is 341 g/mol. The van der Waals surface area contributed by atoms with Gasteiger partial charge in [-0.15, -0.1) is 0 Å². The van der Waals surface area contributed by atoms with E-state index in [-0.39, 0.29) is 36.5 Å². The Labute approximate surface area is 149 Å². The zero-order valence-corrected chi connectivity index (χ0v) is 14.2. The second-order valence-electron chi connectivity index (χ2n) is 6.15. The smallest absolute Gasteiger partial charge is 0.263 e. The van der Waals surface area contributed by atoms with Gasteiger partial charge in [0.05, 0.1) is 12.6 Å². The Kier molecular flexibility index (Phi) is 5.62.